The Morgan fingerprint density at radius 1 is 0.838 bits per heavy atom. The standard InChI is InChI=1S/C45H78N7O18P3S/c1-4-5-6-7-8-9-10-11-12-13-14-15-16-17-18-19-20-21-22-23-33(53)28-36(55)74-27-26-47-35(54)24-25-48-43(58)40(57)45(2,3)30-67-73(64,65)70-72(62,63)66-29-34-39(69-71(59,60)61)38(56)44(68-34)52-32-51-37-41(46)49-31-50-42(37)52/h11-12,31-32,34,38-40,44,56-57H,4-10,13-30H2,1-3H3,(H,47,54)(H,48,58)(H,62,63)(H,64,65)(H2,46,49,50)(H2,59,60,61)/b12-11-/t34-,38-,39-,40+,44-/m1/s1. The second kappa shape index (κ2) is 33.3. The highest BCUT2D eigenvalue weighted by molar-refractivity contribution is 8.13. The maximum absolute atomic E-state index is 12.8. The number of hydrogen-bond donors (Lipinski definition) is 9. The van der Waals surface area contributed by atoms with E-state index in [0.29, 0.717) is 6.42 Å². The largest absolute Gasteiger partial charge is 0.481 e. The molecule has 0 spiro atoms. The molecule has 1 fully saturated rings. The van der Waals surface area contributed by atoms with Gasteiger partial charge in [0.15, 0.2) is 22.8 Å². The summed E-state index contributed by atoms with van der Waals surface area (Å²) in [5.41, 5.74) is 4.25. The van der Waals surface area contributed by atoms with Gasteiger partial charge in [-0.15, -0.1) is 0 Å². The fourth-order valence-corrected chi connectivity index (χ4v) is 11.2. The summed E-state index contributed by atoms with van der Waals surface area (Å²) in [5, 5.41) is 26.3. The van der Waals surface area contributed by atoms with Gasteiger partial charge in [0, 0.05) is 37.1 Å². The number of allylic oxidation sites excluding steroid dienone is 2. The summed E-state index contributed by atoms with van der Waals surface area (Å²) in [7, 11) is -16.5. The molecule has 74 heavy (non-hydrogen) atoms. The third kappa shape index (κ3) is 25.4. The summed E-state index contributed by atoms with van der Waals surface area (Å²) in [4.78, 5) is 101. The van der Waals surface area contributed by atoms with Gasteiger partial charge in [0.1, 0.15) is 42.0 Å². The van der Waals surface area contributed by atoms with E-state index in [1.165, 1.54) is 97.3 Å². The van der Waals surface area contributed by atoms with Gasteiger partial charge in [0.2, 0.25) is 11.8 Å². The van der Waals surface area contributed by atoms with Gasteiger partial charge in [0.05, 0.1) is 26.0 Å². The molecule has 0 radical (unpaired) electrons. The van der Waals surface area contributed by atoms with E-state index in [1.807, 2.05) is 0 Å². The van der Waals surface area contributed by atoms with Crippen LogP contribution < -0.4 is 16.4 Å². The van der Waals surface area contributed by atoms with Crippen molar-refractivity contribution in [3.8, 4) is 0 Å². The van der Waals surface area contributed by atoms with E-state index in [1.54, 1.807) is 0 Å². The van der Waals surface area contributed by atoms with E-state index in [9.17, 15) is 62.7 Å². The number of Topliss-reactive ketones (excluding diaryl/α,β-unsaturated/α-hetero) is 1. The van der Waals surface area contributed by atoms with Gasteiger partial charge in [-0.05, 0) is 32.1 Å². The van der Waals surface area contributed by atoms with Gasteiger partial charge < -0.3 is 50.9 Å². The summed E-state index contributed by atoms with van der Waals surface area (Å²) in [6, 6.07) is 0. The number of aliphatic hydroxyl groups excluding tert-OH is 2. The van der Waals surface area contributed by atoms with Crippen molar-refractivity contribution in [2.24, 2.45) is 5.41 Å². The maximum Gasteiger partial charge on any atom is 0.481 e. The Balaban J connectivity index is 1.24. The molecule has 25 nitrogen and oxygen atoms in total. The fraction of sp³-hybridized carbons (Fsp3) is 0.756. The van der Waals surface area contributed by atoms with Crippen molar-refractivity contribution in [2.45, 2.75) is 180 Å². The van der Waals surface area contributed by atoms with Crippen LogP contribution >= 0.6 is 35.2 Å². The Labute approximate surface area is 436 Å². The quantitative estimate of drug-likeness (QED) is 0.0155. The van der Waals surface area contributed by atoms with Crippen molar-refractivity contribution < 1.29 is 85.3 Å². The number of nitrogens with zero attached hydrogens (tertiary/aromatic N) is 4. The van der Waals surface area contributed by atoms with Crippen LogP contribution in [0.3, 0.4) is 0 Å². The summed E-state index contributed by atoms with van der Waals surface area (Å²) in [6.45, 7) is 2.59. The zero-order valence-electron chi connectivity index (χ0n) is 42.6. The molecule has 0 aliphatic carbocycles. The number of thioether (sulfide) groups is 1. The third-order valence-electron chi connectivity index (χ3n) is 11.8. The molecule has 422 valence electrons. The molecule has 1 saturated heterocycles. The van der Waals surface area contributed by atoms with E-state index in [4.69, 9.17) is 19.5 Å². The third-order valence-corrected chi connectivity index (χ3v) is 15.8. The average Bonchev–Trinajstić information content (AvgIpc) is 3.89. The minimum atomic E-state index is -5.59. The number of hydrogen-bond acceptors (Lipinski definition) is 19. The molecule has 29 heteroatoms. The summed E-state index contributed by atoms with van der Waals surface area (Å²) in [5.74, 6) is -1.39. The van der Waals surface area contributed by atoms with Crippen LogP contribution in [0, 0.1) is 5.41 Å². The molecule has 0 saturated carbocycles. The van der Waals surface area contributed by atoms with E-state index in [2.05, 4.69) is 53.5 Å². The number of aromatic nitrogens is 4. The molecule has 3 heterocycles. The monoisotopic (exact) mass is 1130 g/mol. The molecule has 1 aliphatic heterocycles. The number of anilines is 1. The van der Waals surface area contributed by atoms with Crippen LogP contribution in [0.15, 0.2) is 24.8 Å². The zero-order chi connectivity index (χ0) is 54.8. The number of nitrogen functional groups attached to an aromatic ring is 1. The van der Waals surface area contributed by atoms with Crippen molar-refractivity contribution in [3.05, 3.63) is 24.8 Å². The SMILES string of the molecule is CCCCCCCC/C=C\CCCCCCCCCCCC(=O)CC(=O)SCCNC(=O)CCNC(=O)[C@H](O)C(C)(C)COP(=O)(O)OP(=O)(O)OC[C@H]1O[C@@H](n2cnc3c(N)ncnc32)[C@H](O)[C@@H]1OP(=O)(O)O. The molecule has 1 aliphatic rings. The van der Waals surface area contributed by atoms with E-state index in [0.717, 1.165) is 54.7 Å². The lowest BCUT2D eigenvalue weighted by Gasteiger charge is -2.30. The van der Waals surface area contributed by atoms with Crippen molar-refractivity contribution in [1.82, 2.24) is 30.2 Å². The van der Waals surface area contributed by atoms with Gasteiger partial charge >= 0.3 is 23.5 Å². The fourth-order valence-electron chi connectivity index (χ4n) is 7.70. The lowest BCUT2D eigenvalue weighted by molar-refractivity contribution is -0.137. The van der Waals surface area contributed by atoms with Gasteiger partial charge in [0.25, 0.3) is 0 Å². The van der Waals surface area contributed by atoms with Crippen LogP contribution in [0.4, 0.5) is 5.82 Å². The minimum Gasteiger partial charge on any atom is -0.386 e. The average molecular weight is 1130 g/mol. The number of rotatable bonds is 40. The molecule has 0 bridgehead atoms. The number of nitrogens with one attached hydrogen (secondary N) is 2. The van der Waals surface area contributed by atoms with Crippen LogP contribution in [0.25, 0.3) is 11.2 Å². The number of fused-ring (bicyclic) bond motifs is 1. The van der Waals surface area contributed by atoms with Crippen LogP contribution in [-0.2, 0) is 55.5 Å². The molecule has 10 N–H and O–H groups in total. The Bertz CT molecular complexity index is 2240. The van der Waals surface area contributed by atoms with E-state index in [-0.39, 0.29) is 59.6 Å². The highest BCUT2D eigenvalue weighted by Gasteiger charge is 2.50. The Morgan fingerprint density at radius 3 is 2.05 bits per heavy atom. The molecular formula is C45H78N7O18P3S. The lowest BCUT2D eigenvalue weighted by atomic mass is 9.87. The first kappa shape index (κ1) is 65.3. The molecule has 2 aromatic rings. The van der Waals surface area contributed by atoms with Crippen LogP contribution in [0.2, 0.25) is 0 Å². The van der Waals surface area contributed by atoms with E-state index >= 15 is 0 Å². The topological polar surface area (TPSA) is 381 Å². The molecule has 2 unspecified atom stereocenters. The predicted octanol–water partition coefficient (Wildman–Crippen LogP) is 6.22. The van der Waals surface area contributed by atoms with Gasteiger partial charge in [-0.2, -0.15) is 4.31 Å². The Hall–Kier alpha value is -3.03. The summed E-state index contributed by atoms with van der Waals surface area (Å²) in [6.07, 6.45) is 18.3. The second-order valence-corrected chi connectivity index (χ2v) is 24.1. The number of unbranched alkanes of at least 4 members (excludes halogenated alkanes) is 15. The second-order valence-electron chi connectivity index (χ2n) is 18.8. The van der Waals surface area contributed by atoms with Gasteiger partial charge in [-0.25, -0.2) is 28.6 Å². The number of imidazole rings is 1. The molecular weight excluding hydrogens is 1050 g/mol. The summed E-state index contributed by atoms with van der Waals surface area (Å²) >= 11 is 0.941. The number of aliphatic hydroxyl groups is 2. The lowest BCUT2D eigenvalue weighted by Crippen LogP contribution is -2.46. The predicted molar refractivity (Wildman–Crippen MR) is 275 cm³/mol. The van der Waals surface area contributed by atoms with Crippen molar-refractivity contribution in [2.75, 3.05) is 37.8 Å². The van der Waals surface area contributed by atoms with Crippen molar-refractivity contribution in [3.63, 3.8) is 0 Å². The van der Waals surface area contributed by atoms with Crippen LogP contribution in [0.1, 0.15) is 155 Å². The van der Waals surface area contributed by atoms with E-state index < -0.39 is 84.6 Å². The normalized spacial score (nSPS) is 19.4. The van der Waals surface area contributed by atoms with Crippen molar-refractivity contribution in [1.29, 1.82) is 0 Å². The minimum absolute atomic E-state index is 0.0263. The molecule has 2 aromatic heterocycles. The van der Waals surface area contributed by atoms with Crippen LogP contribution in [0.5, 0.6) is 0 Å². The molecule has 0 aromatic carbocycles. The number of carbonyl (C=O) groups is 4. The number of ether oxygens (including phenoxy) is 1. The highest BCUT2D eigenvalue weighted by Crippen LogP contribution is 2.61. The highest BCUT2D eigenvalue weighted by atomic mass is 32.2. The Kier molecular flexibility index (Phi) is 29.4. The first-order valence-electron chi connectivity index (χ1n) is 25.2. The maximum atomic E-state index is 12.8. The first-order chi connectivity index (χ1) is 34.9. The number of phosphoric acid groups is 3. The molecule has 2 amide bonds. The number of amides is 2. The number of phosphoric ester groups is 3. The number of nitrogens with two attached hydrogens (primary N) is 1. The zero-order valence-corrected chi connectivity index (χ0v) is 46.1. The molecule has 7 atom stereocenters. The number of ketones is 1. The Morgan fingerprint density at radius 2 is 1.43 bits per heavy atom. The van der Waals surface area contributed by atoms with Gasteiger partial charge in [-0.3, -0.25) is 37.3 Å². The first-order valence-corrected chi connectivity index (χ1v) is 30.7. The van der Waals surface area contributed by atoms with Gasteiger partial charge in [-0.1, -0.05) is 122 Å². The smallest absolute Gasteiger partial charge is 0.386 e. The van der Waals surface area contributed by atoms with Crippen molar-refractivity contribution >= 4 is 74.9 Å². The number of carbonyl (C=O) groups excluding carboxylic acids is 4. The summed E-state index contributed by atoms with van der Waals surface area (Å²) < 4.78 is 62.5. The molecule has 3 rings (SSSR count). The van der Waals surface area contributed by atoms with Crippen LogP contribution in [-0.4, -0.2) is 128 Å².